The Hall–Kier alpha value is -5.16. The van der Waals surface area contributed by atoms with E-state index < -0.39 is 71.8 Å². The Morgan fingerprint density at radius 2 is 1.10 bits per heavy atom. The van der Waals surface area contributed by atoms with Crippen LogP contribution in [0.15, 0.2) is 54.6 Å². The number of carbonyl (C=O) groups is 7. The Morgan fingerprint density at radius 3 is 1.61 bits per heavy atom. The topological polar surface area (TPSA) is 241 Å². The van der Waals surface area contributed by atoms with Crippen molar-refractivity contribution in [2.45, 2.75) is 128 Å². The van der Waals surface area contributed by atoms with Crippen LogP contribution < -0.4 is 32.1 Å². The molecule has 0 saturated carbocycles. The molecule has 6 atom stereocenters. The zero-order valence-electron chi connectivity index (χ0n) is 34.7. The molecule has 0 aliphatic rings. The summed E-state index contributed by atoms with van der Waals surface area (Å²) in [6.07, 6.45) is 5.28. The van der Waals surface area contributed by atoms with Gasteiger partial charge < -0.3 is 41.6 Å². The van der Waals surface area contributed by atoms with E-state index in [0.717, 1.165) is 6.42 Å². The minimum atomic E-state index is -1.25. The fourth-order valence-electron chi connectivity index (χ4n) is 6.13. The lowest BCUT2D eigenvalue weighted by Crippen LogP contribution is -2.60. The van der Waals surface area contributed by atoms with E-state index in [0.29, 0.717) is 42.6 Å². The summed E-state index contributed by atoms with van der Waals surface area (Å²) in [5.41, 5.74) is 3.71. The number of hydroxylamine groups is 1. The Labute approximate surface area is 351 Å². The molecule has 0 saturated heterocycles. The molecule has 0 heterocycles. The second-order valence-electron chi connectivity index (χ2n) is 14.8. The molecule has 326 valence electrons. The Bertz CT molecular complexity index is 1630. The molecule has 0 radical (unpaired) electrons. The average molecular weight is 843 g/mol. The van der Waals surface area contributed by atoms with Crippen LogP contribution in [0.3, 0.4) is 0 Å². The molecular weight excluding hydrogens is 781 g/mol. The van der Waals surface area contributed by atoms with Crippen LogP contribution in [0.2, 0.25) is 0 Å². The van der Waals surface area contributed by atoms with Crippen LogP contribution in [-0.2, 0) is 51.2 Å². The molecule has 6 unspecified atom stereocenters. The number of carbonyl (C=O) groups excluding carboxylic acids is 6. The summed E-state index contributed by atoms with van der Waals surface area (Å²) in [6.45, 7) is 7.77. The van der Waals surface area contributed by atoms with Crippen LogP contribution in [0.4, 0.5) is 0 Å². The zero-order chi connectivity index (χ0) is 43.7. The van der Waals surface area contributed by atoms with Crippen molar-refractivity contribution >= 4 is 53.7 Å². The van der Waals surface area contributed by atoms with Gasteiger partial charge in [0.2, 0.25) is 29.5 Å². The first-order valence-corrected chi connectivity index (χ1v) is 21.5. The van der Waals surface area contributed by atoms with Gasteiger partial charge >= 0.3 is 12.4 Å². The van der Waals surface area contributed by atoms with Gasteiger partial charge in [-0.05, 0) is 66.9 Å². The summed E-state index contributed by atoms with van der Waals surface area (Å²) in [5, 5.41) is 33.2. The zero-order valence-corrected chi connectivity index (χ0v) is 35.5. The highest BCUT2D eigenvalue weighted by Gasteiger charge is 2.33. The van der Waals surface area contributed by atoms with Crippen LogP contribution in [0.25, 0.3) is 0 Å². The van der Waals surface area contributed by atoms with E-state index in [-0.39, 0.29) is 50.2 Å². The van der Waals surface area contributed by atoms with Gasteiger partial charge in [0.25, 0.3) is 0 Å². The molecule has 0 fully saturated rings. The Kier molecular flexibility index (Phi) is 23.3. The van der Waals surface area contributed by atoms with Gasteiger partial charge in [-0.25, -0.2) is 4.79 Å². The maximum atomic E-state index is 14.2. The highest BCUT2D eigenvalue weighted by Crippen LogP contribution is 2.14. The molecule has 2 aromatic carbocycles. The number of hydrogen-bond donors (Lipinski definition) is 8. The molecule has 0 aliphatic carbocycles. The van der Waals surface area contributed by atoms with E-state index >= 15 is 0 Å². The number of benzene rings is 2. The number of phenolic OH excluding ortho intramolecular Hbond substituents is 1. The lowest BCUT2D eigenvalue weighted by molar-refractivity contribution is -0.143. The smallest absolute Gasteiger partial charge is 0.326 e. The molecule has 17 heteroatoms. The standard InChI is InChI=1S/C42H62N6O10S/c1-6-8-15-31(37(51)46-36(25-29-17-19-30(50)20-18-29)41(55)44-33(42(56)57)21-22-59-5)43-40(54)35(24-28-13-11-10-12-14-28)47-39(53)34(23-27(3)4)45-38(52)32(16-9-7-2)48-58-26-49/h10-14,17-20,26-27,31-36,48,50H,6-9,15-16,21-25H2,1-5H3,(H,43,54)(H,44,55)(H,45,52)(H,46,51)(H,47,53)(H,56,57). The first-order chi connectivity index (χ1) is 28.2. The number of aliphatic carboxylic acids is 1. The number of carboxylic acids is 1. The van der Waals surface area contributed by atoms with Crippen LogP contribution in [0.1, 0.15) is 90.2 Å². The summed E-state index contributed by atoms with van der Waals surface area (Å²) < 4.78 is 0. The predicted octanol–water partition coefficient (Wildman–Crippen LogP) is 2.91. The van der Waals surface area contributed by atoms with Crippen LogP contribution in [0.5, 0.6) is 5.75 Å². The van der Waals surface area contributed by atoms with Gasteiger partial charge in [-0.2, -0.15) is 11.8 Å². The number of phenols is 1. The second-order valence-corrected chi connectivity index (χ2v) is 15.8. The van der Waals surface area contributed by atoms with E-state index in [4.69, 9.17) is 0 Å². The van der Waals surface area contributed by atoms with Gasteiger partial charge in [-0.3, -0.25) is 28.8 Å². The number of amides is 5. The molecule has 0 spiro atoms. The average Bonchev–Trinajstić information content (AvgIpc) is 3.20. The Morgan fingerprint density at radius 1 is 0.644 bits per heavy atom. The van der Waals surface area contributed by atoms with E-state index in [1.165, 1.54) is 23.9 Å². The lowest BCUT2D eigenvalue weighted by Gasteiger charge is -2.28. The predicted molar refractivity (Wildman–Crippen MR) is 225 cm³/mol. The fourth-order valence-corrected chi connectivity index (χ4v) is 6.60. The number of hydrogen-bond acceptors (Lipinski definition) is 11. The quantitative estimate of drug-likeness (QED) is 0.0436. The highest BCUT2D eigenvalue weighted by atomic mass is 32.2. The monoisotopic (exact) mass is 842 g/mol. The number of aromatic hydroxyl groups is 1. The third-order valence-electron chi connectivity index (χ3n) is 9.39. The molecule has 0 aliphatic heterocycles. The van der Waals surface area contributed by atoms with Gasteiger partial charge in [0.1, 0.15) is 42.0 Å². The van der Waals surface area contributed by atoms with Gasteiger partial charge in [-0.1, -0.05) is 95.8 Å². The number of nitrogens with one attached hydrogen (secondary N) is 6. The summed E-state index contributed by atoms with van der Waals surface area (Å²) in [6, 6.07) is 8.14. The molecule has 8 N–H and O–H groups in total. The van der Waals surface area contributed by atoms with Crippen LogP contribution in [-0.4, -0.2) is 100 Å². The van der Waals surface area contributed by atoms with Crippen molar-refractivity contribution in [3.8, 4) is 5.75 Å². The second kappa shape index (κ2) is 27.5. The summed E-state index contributed by atoms with van der Waals surface area (Å²) in [7, 11) is 0. The van der Waals surface area contributed by atoms with Crippen molar-refractivity contribution < 1.29 is 48.6 Å². The minimum Gasteiger partial charge on any atom is -0.508 e. The molecular formula is C42H62N6O10S. The maximum absolute atomic E-state index is 14.2. The van der Waals surface area contributed by atoms with E-state index in [2.05, 4.69) is 36.9 Å². The first kappa shape index (κ1) is 50.0. The third-order valence-corrected chi connectivity index (χ3v) is 10.0. The molecule has 16 nitrogen and oxygen atoms in total. The number of rotatable bonds is 29. The van der Waals surface area contributed by atoms with Crippen molar-refractivity contribution in [2.75, 3.05) is 12.0 Å². The molecule has 0 bridgehead atoms. The van der Waals surface area contributed by atoms with Gasteiger partial charge in [0.15, 0.2) is 0 Å². The van der Waals surface area contributed by atoms with E-state index in [9.17, 15) is 43.8 Å². The molecule has 59 heavy (non-hydrogen) atoms. The normalized spacial score (nSPS) is 14.1. The third kappa shape index (κ3) is 19.0. The van der Waals surface area contributed by atoms with Crippen LogP contribution >= 0.6 is 11.8 Å². The number of carboxylic acid groups (broad SMARTS) is 1. The number of thioether (sulfide) groups is 1. The van der Waals surface area contributed by atoms with Crippen molar-refractivity contribution in [1.29, 1.82) is 0 Å². The summed E-state index contributed by atoms with van der Waals surface area (Å²) in [4.78, 5) is 96.8. The van der Waals surface area contributed by atoms with Gasteiger partial charge in [0.05, 0.1) is 0 Å². The first-order valence-electron chi connectivity index (χ1n) is 20.1. The molecule has 2 rings (SSSR count). The van der Waals surface area contributed by atoms with Crippen molar-refractivity contribution in [2.24, 2.45) is 5.92 Å². The van der Waals surface area contributed by atoms with E-state index in [1.54, 1.807) is 42.5 Å². The minimum absolute atomic E-state index is 0.00318. The number of unbranched alkanes of at least 4 members (excludes halogenated alkanes) is 2. The van der Waals surface area contributed by atoms with Gasteiger partial charge in [0, 0.05) is 12.8 Å². The van der Waals surface area contributed by atoms with Gasteiger partial charge in [-0.15, -0.1) is 5.48 Å². The lowest BCUT2D eigenvalue weighted by atomic mass is 9.99. The molecule has 5 amide bonds. The van der Waals surface area contributed by atoms with Crippen molar-refractivity contribution in [3.05, 3.63) is 65.7 Å². The SMILES string of the molecule is CCCCC(NOC=O)C(=O)NC(CC(C)C)C(=O)NC(Cc1ccccc1)C(=O)NC(CCCC)C(=O)NC(Cc1ccc(O)cc1)C(=O)NC(CCSC)C(=O)O. The Balaban J connectivity index is 2.42. The highest BCUT2D eigenvalue weighted by molar-refractivity contribution is 7.98. The van der Waals surface area contributed by atoms with Crippen molar-refractivity contribution in [3.63, 3.8) is 0 Å². The van der Waals surface area contributed by atoms with Crippen molar-refractivity contribution in [1.82, 2.24) is 32.1 Å². The van der Waals surface area contributed by atoms with Crippen LogP contribution in [0, 0.1) is 5.92 Å². The largest absolute Gasteiger partial charge is 0.508 e. The van der Waals surface area contributed by atoms with E-state index in [1.807, 2.05) is 34.0 Å². The fraction of sp³-hybridized carbons (Fsp3) is 0.548. The summed E-state index contributed by atoms with van der Waals surface area (Å²) >= 11 is 1.42. The molecule has 0 aromatic heterocycles. The maximum Gasteiger partial charge on any atom is 0.326 e. The summed E-state index contributed by atoms with van der Waals surface area (Å²) in [5.74, 6) is -4.13. The molecule has 2 aromatic rings.